The molecule has 0 saturated heterocycles. The molecule has 0 spiro atoms. The quantitative estimate of drug-likeness (QED) is 0.347. The van der Waals surface area contributed by atoms with Crippen molar-refractivity contribution in [3.63, 3.8) is 0 Å². The van der Waals surface area contributed by atoms with Crippen LogP contribution < -0.4 is 19.6 Å². The molecule has 0 aliphatic heterocycles. The molecule has 0 radical (unpaired) electrons. The lowest BCUT2D eigenvalue weighted by Gasteiger charge is -2.12. The van der Waals surface area contributed by atoms with E-state index in [0.717, 1.165) is 36.0 Å². The summed E-state index contributed by atoms with van der Waals surface area (Å²) >= 11 is 0. The number of rotatable bonds is 11. The fourth-order valence-electron chi connectivity index (χ4n) is 3.14. The van der Waals surface area contributed by atoms with Crippen molar-refractivity contribution in [3.05, 3.63) is 71.3 Å². The molecule has 172 valence electrons. The van der Waals surface area contributed by atoms with Crippen molar-refractivity contribution in [1.82, 2.24) is 15.4 Å². The summed E-state index contributed by atoms with van der Waals surface area (Å²) in [6, 6.07) is 16.9. The second-order valence-electron chi connectivity index (χ2n) is 7.23. The van der Waals surface area contributed by atoms with Crippen molar-refractivity contribution in [2.45, 2.75) is 32.6 Å². The van der Waals surface area contributed by atoms with Crippen molar-refractivity contribution >= 4 is 12.1 Å². The largest absolute Gasteiger partial charge is 0.481 e. The number of carbonyl (C=O) groups excluding carboxylic acids is 1. The Morgan fingerprint density at radius 1 is 1.03 bits per heavy atom. The van der Waals surface area contributed by atoms with Gasteiger partial charge in [0.25, 0.3) is 0 Å². The monoisotopic (exact) mass is 448 g/mol. The lowest BCUT2D eigenvalue weighted by molar-refractivity contribution is -0.120. The number of benzene rings is 2. The molecular formula is C25H28N4O4. The van der Waals surface area contributed by atoms with Crippen LogP contribution in [0.25, 0.3) is 0 Å². The molecule has 0 aliphatic carbocycles. The maximum atomic E-state index is 12.3. The van der Waals surface area contributed by atoms with Gasteiger partial charge in [0.15, 0.2) is 0 Å². The number of aromatic nitrogens is 2. The van der Waals surface area contributed by atoms with E-state index >= 15 is 0 Å². The van der Waals surface area contributed by atoms with Crippen molar-refractivity contribution in [2.75, 3.05) is 14.2 Å². The number of unbranched alkanes of at least 4 members (excludes halogenated alkanes) is 1. The standard InChI is InChI=1S/C25H28N4O4/c1-4-5-12-19-13-9-14-21(33-25-27-23(31-2)16-24(28-25)32-3)20(19)17-26-29-22(30)15-18-10-7-6-8-11-18/h6-11,13-14,16-17H,4-5,12,15H2,1-3H3,(H,29,30). The SMILES string of the molecule is CCCCc1cccc(Oc2nc(OC)cc(OC)n2)c1C=NNC(=O)Cc1ccccc1. The number of nitrogens with one attached hydrogen (secondary N) is 1. The lowest BCUT2D eigenvalue weighted by Crippen LogP contribution is -2.19. The second kappa shape index (κ2) is 12.2. The average molecular weight is 449 g/mol. The molecule has 1 N–H and O–H groups in total. The van der Waals surface area contributed by atoms with Gasteiger partial charge in [-0.2, -0.15) is 15.1 Å². The molecule has 3 rings (SSSR count). The van der Waals surface area contributed by atoms with Crippen LogP contribution in [0.1, 0.15) is 36.5 Å². The van der Waals surface area contributed by atoms with Crippen LogP contribution in [0.15, 0.2) is 59.7 Å². The first kappa shape index (κ1) is 23.7. The Kier molecular flexibility index (Phi) is 8.76. The molecule has 0 atom stereocenters. The van der Waals surface area contributed by atoms with Crippen LogP contribution >= 0.6 is 0 Å². The second-order valence-corrected chi connectivity index (χ2v) is 7.23. The van der Waals surface area contributed by atoms with E-state index in [2.05, 4.69) is 27.4 Å². The number of hydrazone groups is 1. The molecule has 2 aromatic carbocycles. The van der Waals surface area contributed by atoms with E-state index in [-0.39, 0.29) is 18.3 Å². The van der Waals surface area contributed by atoms with Gasteiger partial charge in [-0.1, -0.05) is 55.8 Å². The van der Waals surface area contributed by atoms with Crippen molar-refractivity contribution in [2.24, 2.45) is 5.10 Å². The number of amides is 1. The molecule has 0 fully saturated rings. The van der Waals surface area contributed by atoms with Gasteiger partial charge >= 0.3 is 6.01 Å². The van der Waals surface area contributed by atoms with Gasteiger partial charge < -0.3 is 14.2 Å². The summed E-state index contributed by atoms with van der Waals surface area (Å²) < 4.78 is 16.4. The molecule has 8 heteroatoms. The van der Waals surface area contributed by atoms with Gasteiger partial charge in [-0.25, -0.2) is 5.43 Å². The number of nitrogens with zero attached hydrogens (tertiary/aromatic N) is 3. The normalized spacial score (nSPS) is 10.8. The molecule has 0 unspecified atom stereocenters. The number of methoxy groups -OCH3 is 2. The van der Waals surface area contributed by atoms with Gasteiger partial charge in [0, 0.05) is 5.56 Å². The Hall–Kier alpha value is -3.94. The van der Waals surface area contributed by atoms with Gasteiger partial charge in [0.2, 0.25) is 17.7 Å². The number of aryl methyl sites for hydroxylation is 1. The Bertz CT molecular complexity index is 1060. The molecule has 33 heavy (non-hydrogen) atoms. The fourth-order valence-corrected chi connectivity index (χ4v) is 3.14. The van der Waals surface area contributed by atoms with Crippen LogP contribution in [0.2, 0.25) is 0 Å². The maximum absolute atomic E-state index is 12.3. The smallest absolute Gasteiger partial charge is 0.328 e. The van der Waals surface area contributed by atoms with E-state index in [4.69, 9.17) is 14.2 Å². The zero-order valence-electron chi connectivity index (χ0n) is 19.1. The third-order valence-corrected chi connectivity index (χ3v) is 4.82. The Balaban J connectivity index is 1.82. The number of ether oxygens (including phenoxy) is 3. The molecule has 0 saturated carbocycles. The summed E-state index contributed by atoms with van der Waals surface area (Å²) in [6.07, 6.45) is 4.74. The summed E-state index contributed by atoms with van der Waals surface area (Å²) in [7, 11) is 3.01. The molecule has 0 bridgehead atoms. The fraction of sp³-hybridized carbons (Fsp3) is 0.280. The summed E-state index contributed by atoms with van der Waals surface area (Å²) in [5, 5.41) is 4.18. The van der Waals surface area contributed by atoms with Crippen LogP contribution in [-0.4, -0.2) is 36.3 Å². The van der Waals surface area contributed by atoms with Gasteiger partial charge in [-0.3, -0.25) is 4.79 Å². The van der Waals surface area contributed by atoms with E-state index in [0.29, 0.717) is 17.5 Å². The highest BCUT2D eigenvalue weighted by Crippen LogP contribution is 2.28. The van der Waals surface area contributed by atoms with Crippen LogP contribution in [0.3, 0.4) is 0 Å². The predicted octanol–water partition coefficient (Wildman–Crippen LogP) is 4.32. The highest BCUT2D eigenvalue weighted by Gasteiger charge is 2.13. The minimum Gasteiger partial charge on any atom is -0.481 e. The summed E-state index contributed by atoms with van der Waals surface area (Å²) in [4.78, 5) is 20.7. The van der Waals surface area contributed by atoms with Crippen molar-refractivity contribution < 1.29 is 19.0 Å². The zero-order valence-corrected chi connectivity index (χ0v) is 19.1. The van der Waals surface area contributed by atoms with E-state index in [1.54, 1.807) is 18.3 Å². The molecular weight excluding hydrogens is 420 g/mol. The van der Waals surface area contributed by atoms with E-state index in [1.165, 1.54) is 14.2 Å². The van der Waals surface area contributed by atoms with Gasteiger partial charge in [-0.15, -0.1) is 0 Å². The van der Waals surface area contributed by atoms with Crippen LogP contribution in [0, 0.1) is 0 Å². The topological polar surface area (TPSA) is 94.9 Å². The minimum atomic E-state index is -0.202. The first-order valence-electron chi connectivity index (χ1n) is 10.8. The number of hydrogen-bond acceptors (Lipinski definition) is 7. The Morgan fingerprint density at radius 3 is 2.42 bits per heavy atom. The molecule has 8 nitrogen and oxygen atoms in total. The van der Waals surface area contributed by atoms with Gasteiger partial charge in [0.05, 0.1) is 32.9 Å². The Labute approximate surface area is 193 Å². The minimum absolute atomic E-state index is 0.0848. The average Bonchev–Trinajstić information content (AvgIpc) is 2.84. The lowest BCUT2D eigenvalue weighted by atomic mass is 10.0. The van der Waals surface area contributed by atoms with Gasteiger partial charge in [0.1, 0.15) is 5.75 Å². The number of carbonyl (C=O) groups is 1. The van der Waals surface area contributed by atoms with E-state index in [9.17, 15) is 4.79 Å². The van der Waals surface area contributed by atoms with Crippen molar-refractivity contribution in [3.8, 4) is 23.5 Å². The van der Waals surface area contributed by atoms with E-state index < -0.39 is 0 Å². The highest BCUT2D eigenvalue weighted by atomic mass is 16.5. The van der Waals surface area contributed by atoms with Crippen molar-refractivity contribution in [1.29, 1.82) is 0 Å². The molecule has 3 aromatic rings. The third-order valence-electron chi connectivity index (χ3n) is 4.82. The summed E-state index contributed by atoms with van der Waals surface area (Å²) in [6.45, 7) is 2.13. The first-order chi connectivity index (χ1) is 16.1. The molecule has 1 amide bonds. The third kappa shape index (κ3) is 7.03. The first-order valence-corrected chi connectivity index (χ1v) is 10.8. The Morgan fingerprint density at radius 2 is 1.76 bits per heavy atom. The predicted molar refractivity (Wildman–Crippen MR) is 126 cm³/mol. The van der Waals surface area contributed by atoms with Crippen LogP contribution in [0.5, 0.6) is 23.5 Å². The zero-order chi connectivity index (χ0) is 23.5. The molecule has 1 aromatic heterocycles. The summed E-state index contributed by atoms with van der Waals surface area (Å²) in [5.41, 5.74) is 5.31. The van der Waals surface area contributed by atoms with Crippen LogP contribution in [0.4, 0.5) is 0 Å². The molecule has 0 aliphatic rings. The molecule has 1 heterocycles. The van der Waals surface area contributed by atoms with Gasteiger partial charge in [-0.05, 0) is 30.0 Å². The van der Waals surface area contributed by atoms with E-state index in [1.807, 2.05) is 42.5 Å². The summed E-state index contributed by atoms with van der Waals surface area (Å²) in [5.74, 6) is 0.955. The highest BCUT2D eigenvalue weighted by molar-refractivity contribution is 5.87. The maximum Gasteiger partial charge on any atom is 0.328 e. The van der Waals surface area contributed by atoms with Crippen LogP contribution in [-0.2, 0) is 17.6 Å². The number of hydrogen-bond donors (Lipinski definition) is 1.